The van der Waals surface area contributed by atoms with Crippen molar-refractivity contribution >= 4 is 34.4 Å². The number of rotatable bonds is 3. The van der Waals surface area contributed by atoms with Gasteiger partial charge in [0.05, 0.1) is 23.4 Å². The summed E-state index contributed by atoms with van der Waals surface area (Å²) in [6.07, 6.45) is 0.807. The summed E-state index contributed by atoms with van der Waals surface area (Å²) >= 11 is 5.48. The van der Waals surface area contributed by atoms with Gasteiger partial charge >= 0.3 is 0 Å². The number of para-hydroxylation sites is 2. The quantitative estimate of drug-likeness (QED) is 0.529. The second-order valence-corrected chi connectivity index (χ2v) is 5.49. The molecule has 1 aliphatic rings. The number of fused-ring (bicyclic) bond motifs is 1. The van der Waals surface area contributed by atoms with Gasteiger partial charge in [-0.3, -0.25) is 10.1 Å². The van der Waals surface area contributed by atoms with E-state index in [0.717, 1.165) is 23.4 Å². The highest BCUT2D eigenvalue weighted by Gasteiger charge is 2.25. The zero-order chi connectivity index (χ0) is 16.4. The second-order valence-electron chi connectivity index (χ2n) is 5.10. The molecule has 0 saturated heterocycles. The highest BCUT2D eigenvalue weighted by atomic mass is 32.1. The van der Waals surface area contributed by atoms with Gasteiger partial charge in [0.2, 0.25) is 0 Å². The predicted molar refractivity (Wildman–Crippen MR) is 93.4 cm³/mol. The first-order valence-corrected chi connectivity index (χ1v) is 7.50. The maximum absolute atomic E-state index is 11.0. The molecule has 0 radical (unpaired) electrons. The summed E-state index contributed by atoms with van der Waals surface area (Å²) in [4.78, 5) is 12.5. The number of ether oxygens (including phenoxy) is 1. The molecule has 0 saturated carbocycles. The molecule has 1 N–H and O–H groups in total. The number of nitro benzene ring substituents is 1. The molecule has 0 aromatic heterocycles. The van der Waals surface area contributed by atoms with Crippen LogP contribution in [0.25, 0.3) is 0 Å². The second kappa shape index (κ2) is 6.21. The highest BCUT2D eigenvalue weighted by molar-refractivity contribution is 7.80. The van der Waals surface area contributed by atoms with Crippen LogP contribution in [-0.4, -0.2) is 23.7 Å². The number of nitrogens with one attached hydrogen (secondary N) is 1. The molecule has 3 rings (SSSR count). The Balaban J connectivity index is 1.86. The number of methoxy groups -OCH3 is 1. The van der Waals surface area contributed by atoms with E-state index in [4.69, 9.17) is 17.0 Å². The normalized spacial score (nSPS) is 12.7. The Morgan fingerprint density at radius 2 is 2.13 bits per heavy atom. The van der Waals surface area contributed by atoms with E-state index in [-0.39, 0.29) is 5.69 Å². The van der Waals surface area contributed by atoms with Crippen LogP contribution in [0.5, 0.6) is 5.75 Å². The lowest BCUT2D eigenvalue weighted by Gasteiger charge is -2.22. The molecule has 0 spiro atoms. The molecule has 1 aliphatic heterocycles. The maximum atomic E-state index is 11.0. The molecule has 23 heavy (non-hydrogen) atoms. The van der Waals surface area contributed by atoms with E-state index in [1.54, 1.807) is 19.2 Å². The molecule has 0 bridgehead atoms. The molecule has 0 fully saturated rings. The maximum Gasteiger partial charge on any atom is 0.271 e. The summed E-state index contributed by atoms with van der Waals surface area (Å²) in [6, 6.07) is 12.4. The van der Waals surface area contributed by atoms with E-state index in [1.807, 2.05) is 29.2 Å². The fourth-order valence-electron chi connectivity index (χ4n) is 2.62. The van der Waals surface area contributed by atoms with Crippen molar-refractivity contribution in [1.82, 2.24) is 0 Å². The lowest BCUT2D eigenvalue weighted by molar-refractivity contribution is -0.384. The Bertz CT molecular complexity index is 779. The zero-order valence-corrected chi connectivity index (χ0v) is 13.3. The van der Waals surface area contributed by atoms with Gasteiger partial charge in [-0.25, -0.2) is 0 Å². The third-order valence-electron chi connectivity index (χ3n) is 3.77. The first-order valence-electron chi connectivity index (χ1n) is 7.09. The standard InChI is InChI=1S/C16H15N3O3S/c1-22-15-5-3-2-4-13(15)17-16(23)18-9-8-11-6-7-12(19(20)21)10-14(11)18/h2-7,10H,8-9H2,1H3,(H,17,23). The molecule has 118 valence electrons. The SMILES string of the molecule is COc1ccccc1NC(=S)N1CCc2ccc([N+](=O)[O-])cc21. The highest BCUT2D eigenvalue weighted by Crippen LogP contribution is 2.33. The van der Waals surface area contributed by atoms with E-state index >= 15 is 0 Å². The number of nitro groups is 1. The molecule has 0 amide bonds. The van der Waals surface area contributed by atoms with E-state index in [9.17, 15) is 10.1 Å². The van der Waals surface area contributed by atoms with Crippen LogP contribution >= 0.6 is 12.2 Å². The van der Waals surface area contributed by atoms with Crippen molar-refractivity contribution in [3.05, 3.63) is 58.1 Å². The number of non-ortho nitro benzene ring substituents is 1. The number of benzene rings is 2. The smallest absolute Gasteiger partial charge is 0.271 e. The number of hydrogen-bond donors (Lipinski definition) is 1. The van der Waals surface area contributed by atoms with Crippen LogP contribution in [0.4, 0.5) is 17.1 Å². The van der Waals surface area contributed by atoms with Crippen molar-refractivity contribution in [3.63, 3.8) is 0 Å². The fourth-order valence-corrected chi connectivity index (χ4v) is 2.92. The molecule has 2 aromatic carbocycles. The van der Waals surface area contributed by atoms with Gasteiger partial charge in [0.1, 0.15) is 5.75 Å². The summed E-state index contributed by atoms with van der Waals surface area (Å²) in [5.41, 5.74) is 2.67. The molecule has 0 aliphatic carbocycles. The van der Waals surface area contributed by atoms with Crippen molar-refractivity contribution < 1.29 is 9.66 Å². The number of hydrogen-bond acceptors (Lipinski definition) is 4. The summed E-state index contributed by atoms with van der Waals surface area (Å²) in [5.74, 6) is 0.688. The minimum Gasteiger partial charge on any atom is -0.495 e. The summed E-state index contributed by atoms with van der Waals surface area (Å²) < 4.78 is 5.30. The van der Waals surface area contributed by atoms with Crippen molar-refractivity contribution in [2.45, 2.75) is 6.42 Å². The lowest BCUT2D eigenvalue weighted by Crippen LogP contribution is -2.33. The average molecular weight is 329 g/mol. The molecule has 6 nitrogen and oxygen atoms in total. The largest absolute Gasteiger partial charge is 0.495 e. The van der Waals surface area contributed by atoms with E-state index < -0.39 is 4.92 Å². The third kappa shape index (κ3) is 2.95. The Kier molecular flexibility index (Phi) is 4.12. The van der Waals surface area contributed by atoms with Crippen LogP contribution in [0.1, 0.15) is 5.56 Å². The summed E-state index contributed by atoms with van der Waals surface area (Å²) in [7, 11) is 1.60. The molecule has 0 atom stereocenters. The van der Waals surface area contributed by atoms with Crippen LogP contribution in [0.2, 0.25) is 0 Å². The van der Waals surface area contributed by atoms with Gasteiger partial charge in [-0.05, 0) is 36.3 Å². The van der Waals surface area contributed by atoms with Crippen molar-refractivity contribution in [3.8, 4) is 5.75 Å². The van der Waals surface area contributed by atoms with Crippen molar-refractivity contribution in [2.75, 3.05) is 23.9 Å². The summed E-state index contributed by atoms with van der Waals surface area (Å²) in [5, 5.41) is 14.6. The first-order chi connectivity index (χ1) is 11.1. The predicted octanol–water partition coefficient (Wildman–Crippen LogP) is 3.36. The topological polar surface area (TPSA) is 67.6 Å². The number of nitrogens with zero attached hydrogens (tertiary/aromatic N) is 2. The Labute approximate surface area is 138 Å². The summed E-state index contributed by atoms with van der Waals surface area (Å²) in [6.45, 7) is 0.692. The van der Waals surface area contributed by atoms with Crippen LogP contribution in [-0.2, 0) is 6.42 Å². The molecule has 7 heteroatoms. The Morgan fingerprint density at radius 1 is 1.35 bits per heavy atom. The Morgan fingerprint density at radius 3 is 2.87 bits per heavy atom. The van der Waals surface area contributed by atoms with Gasteiger partial charge in [0, 0.05) is 18.7 Å². The van der Waals surface area contributed by atoms with Gasteiger partial charge in [0.15, 0.2) is 5.11 Å². The van der Waals surface area contributed by atoms with Gasteiger partial charge in [0.25, 0.3) is 5.69 Å². The number of thiocarbonyl (C=S) groups is 1. The third-order valence-corrected chi connectivity index (χ3v) is 4.09. The van der Waals surface area contributed by atoms with Gasteiger partial charge in [-0.1, -0.05) is 18.2 Å². The van der Waals surface area contributed by atoms with Crippen LogP contribution in [0.3, 0.4) is 0 Å². The minimum absolute atomic E-state index is 0.0655. The van der Waals surface area contributed by atoms with E-state index in [0.29, 0.717) is 17.4 Å². The monoisotopic (exact) mass is 329 g/mol. The van der Waals surface area contributed by atoms with Crippen LogP contribution in [0.15, 0.2) is 42.5 Å². The van der Waals surface area contributed by atoms with E-state index in [1.165, 1.54) is 6.07 Å². The fraction of sp³-hybridized carbons (Fsp3) is 0.188. The van der Waals surface area contributed by atoms with Gasteiger partial charge in [-0.15, -0.1) is 0 Å². The van der Waals surface area contributed by atoms with Gasteiger partial charge < -0.3 is 15.0 Å². The van der Waals surface area contributed by atoms with Crippen molar-refractivity contribution in [2.24, 2.45) is 0 Å². The van der Waals surface area contributed by atoms with Gasteiger partial charge in [-0.2, -0.15) is 0 Å². The average Bonchev–Trinajstić information content (AvgIpc) is 2.98. The van der Waals surface area contributed by atoms with Crippen molar-refractivity contribution in [1.29, 1.82) is 0 Å². The van der Waals surface area contributed by atoms with Crippen LogP contribution < -0.4 is 15.0 Å². The molecule has 2 aromatic rings. The first kappa shape index (κ1) is 15.2. The minimum atomic E-state index is -0.395. The molecular formula is C16H15N3O3S. The molecule has 1 heterocycles. The van der Waals surface area contributed by atoms with E-state index in [2.05, 4.69) is 5.32 Å². The Hall–Kier alpha value is -2.67. The number of anilines is 2. The van der Waals surface area contributed by atoms with Crippen LogP contribution in [0, 0.1) is 10.1 Å². The molecule has 0 unspecified atom stereocenters. The zero-order valence-electron chi connectivity index (χ0n) is 12.5. The lowest BCUT2D eigenvalue weighted by atomic mass is 10.1. The molecular weight excluding hydrogens is 314 g/mol.